The Kier molecular flexibility index (Phi) is 2.60. The topological polar surface area (TPSA) is 63.4 Å². The van der Waals surface area contributed by atoms with Crippen LogP contribution in [0.1, 0.15) is 10.4 Å². The molecule has 0 bridgehead atoms. The third kappa shape index (κ3) is 1.80. The van der Waals surface area contributed by atoms with Crippen molar-refractivity contribution in [3.8, 4) is 0 Å². The molecule has 2 aromatic heterocycles. The predicted octanol–water partition coefficient (Wildman–Crippen LogP) is 1.63. The van der Waals surface area contributed by atoms with Crippen LogP contribution in [0.2, 0.25) is 5.02 Å². The van der Waals surface area contributed by atoms with E-state index in [-0.39, 0.29) is 5.91 Å². The lowest BCUT2D eigenvalue weighted by Crippen LogP contribution is -2.22. The van der Waals surface area contributed by atoms with Crippen molar-refractivity contribution < 1.29 is 4.79 Å². The quantitative estimate of drug-likeness (QED) is 0.677. The number of tetrazole rings is 1. The van der Waals surface area contributed by atoms with Crippen molar-refractivity contribution in [1.82, 2.24) is 24.9 Å². The molecule has 0 N–H and O–H groups in total. The average Bonchev–Trinajstić information content (AvgIpc) is 2.86. The van der Waals surface area contributed by atoms with Gasteiger partial charge in [0.15, 0.2) is 5.65 Å². The van der Waals surface area contributed by atoms with Crippen LogP contribution < -0.4 is 0 Å². The van der Waals surface area contributed by atoms with Crippen LogP contribution in [0.5, 0.6) is 0 Å². The lowest BCUT2D eigenvalue weighted by atomic mass is 10.1. The summed E-state index contributed by atoms with van der Waals surface area (Å²) in [4.78, 5) is 13.6. The average molecular weight is 276 g/mol. The van der Waals surface area contributed by atoms with Crippen molar-refractivity contribution in [1.29, 1.82) is 0 Å². The molecular formula is C12H10ClN5O. The fraction of sp³-hybridized carbons (Fsp3) is 0.167. The smallest absolute Gasteiger partial charge is 0.257 e. The van der Waals surface area contributed by atoms with Crippen LogP contribution in [0.3, 0.4) is 0 Å². The molecule has 0 spiro atoms. The Hall–Kier alpha value is -2.21. The highest BCUT2D eigenvalue weighted by atomic mass is 35.5. The Morgan fingerprint density at radius 1 is 1.32 bits per heavy atom. The highest BCUT2D eigenvalue weighted by Gasteiger charge is 2.17. The fourth-order valence-electron chi connectivity index (χ4n) is 1.96. The fourth-order valence-corrected chi connectivity index (χ4v) is 2.12. The van der Waals surface area contributed by atoms with Gasteiger partial charge in [0.05, 0.1) is 11.1 Å². The molecule has 1 amide bonds. The first-order chi connectivity index (χ1) is 9.08. The number of hydrogen-bond donors (Lipinski definition) is 0. The lowest BCUT2D eigenvalue weighted by Gasteiger charge is -2.11. The van der Waals surface area contributed by atoms with E-state index in [0.717, 1.165) is 10.9 Å². The van der Waals surface area contributed by atoms with Crippen LogP contribution in [0.15, 0.2) is 24.3 Å². The van der Waals surface area contributed by atoms with Gasteiger partial charge in [-0.3, -0.25) is 4.79 Å². The second-order valence-electron chi connectivity index (χ2n) is 4.38. The van der Waals surface area contributed by atoms with Crippen LogP contribution in [0.4, 0.5) is 0 Å². The monoisotopic (exact) mass is 275 g/mol. The molecule has 96 valence electrons. The molecule has 0 radical (unpaired) electrons. The molecule has 3 rings (SSSR count). The number of rotatable bonds is 1. The molecule has 0 atom stereocenters. The van der Waals surface area contributed by atoms with Crippen LogP contribution in [0.25, 0.3) is 16.6 Å². The normalized spacial score (nSPS) is 11.1. The summed E-state index contributed by atoms with van der Waals surface area (Å²) >= 11 is 5.98. The van der Waals surface area contributed by atoms with Gasteiger partial charge in [-0.2, -0.15) is 4.52 Å². The summed E-state index contributed by atoms with van der Waals surface area (Å²) in [7, 11) is 3.38. The van der Waals surface area contributed by atoms with E-state index in [1.165, 1.54) is 9.42 Å². The van der Waals surface area contributed by atoms with E-state index in [2.05, 4.69) is 15.5 Å². The molecule has 0 saturated carbocycles. The predicted molar refractivity (Wildman–Crippen MR) is 71.3 cm³/mol. The standard InChI is InChI=1S/C12H10ClN5O/c1-17(2)12(19)9-5-7-3-4-8(13)6-10(7)18-11(9)14-15-16-18/h3-6H,1-2H3. The molecule has 0 aliphatic heterocycles. The summed E-state index contributed by atoms with van der Waals surface area (Å²) in [6.45, 7) is 0. The Bertz CT molecular complexity index is 795. The molecule has 0 saturated heterocycles. The lowest BCUT2D eigenvalue weighted by molar-refractivity contribution is 0.0829. The number of hydrogen-bond acceptors (Lipinski definition) is 4. The molecule has 0 fully saturated rings. The summed E-state index contributed by atoms with van der Waals surface area (Å²) in [5.41, 5.74) is 1.65. The molecule has 19 heavy (non-hydrogen) atoms. The number of aromatic nitrogens is 4. The number of pyridine rings is 1. The molecule has 0 aliphatic rings. The molecule has 0 aliphatic carbocycles. The molecule has 3 aromatic rings. The van der Waals surface area contributed by atoms with Crippen LogP contribution in [0, 0.1) is 0 Å². The first-order valence-corrected chi connectivity index (χ1v) is 5.98. The molecule has 7 heteroatoms. The Labute approximate surface area is 113 Å². The highest BCUT2D eigenvalue weighted by molar-refractivity contribution is 6.31. The van der Waals surface area contributed by atoms with E-state index in [9.17, 15) is 4.79 Å². The van der Waals surface area contributed by atoms with E-state index in [1.54, 1.807) is 32.3 Å². The Morgan fingerprint density at radius 2 is 2.11 bits per heavy atom. The number of benzene rings is 1. The summed E-state index contributed by atoms with van der Waals surface area (Å²) in [6, 6.07) is 7.15. The van der Waals surface area contributed by atoms with Crippen LogP contribution >= 0.6 is 11.6 Å². The number of carbonyl (C=O) groups excluding carboxylic acids is 1. The van der Waals surface area contributed by atoms with E-state index in [4.69, 9.17) is 11.6 Å². The zero-order valence-electron chi connectivity index (χ0n) is 10.3. The van der Waals surface area contributed by atoms with Gasteiger partial charge in [0.1, 0.15) is 0 Å². The van der Waals surface area contributed by atoms with Crippen molar-refractivity contribution in [2.45, 2.75) is 0 Å². The number of fused-ring (bicyclic) bond motifs is 3. The number of nitrogens with zero attached hydrogens (tertiary/aromatic N) is 5. The van der Waals surface area contributed by atoms with Gasteiger partial charge >= 0.3 is 0 Å². The van der Waals surface area contributed by atoms with E-state index in [0.29, 0.717) is 16.2 Å². The number of carbonyl (C=O) groups is 1. The Balaban J connectivity index is 2.42. The van der Waals surface area contributed by atoms with Crippen molar-refractivity contribution >= 4 is 34.1 Å². The molecule has 1 aromatic carbocycles. The summed E-state index contributed by atoms with van der Waals surface area (Å²) in [5.74, 6) is -0.142. The van der Waals surface area contributed by atoms with Gasteiger partial charge in [-0.1, -0.05) is 17.7 Å². The molecule has 2 heterocycles. The summed E-state index contributed by atoms with van der Waals surface area (Å²) in [5, 5.41) is 12.9. The van der Waals surface area contributed by atoms with Gasteiger partial charge in [-0.25, -0.2) is 0 Å². The third-order valence-corrected chi connectivity index (χ3v) is 3.10. The SMILES string of the molecule is CN(C)C(=O)c1cc2ccc(Cl)cc2n2nnnc12. The minimum atomic E-state index is -0.142. The second-order valence-corrected chi connectivity index (χ2v) is 4.81. The molecular weight excluding hydrogens is 266 g/mol. The maximum absolute atomic E-state index is 12.2. The van der Waals surface area contributed by atoms with E-state index in [1.807, 2.05) is 6.07 Å². The van der Waals surface area contributed by atoms with Crippen LogP contribution in [-0.4, -0.2) is 44.9 Å². The van der Waals surface area contributed by atoms with Gasteiger partial charge < -0.3 is 4.90 Å². The summed E-state index contributed by atoms with van der Waals surface area (Å²) < 4.78 is 1.53. The van der Waals surface area contributed by atoms with Gasteiger partial charge in [0, 0.05) is 24.5 Å². The van der Waals surface area contributed by atoms with Crippen molar-refractivity contribution in [2.75, 3.05) is 14.1 Å². The van der Waals surface area contributed by atoms with Gasteiger partial charge in [-0.05, 0) is 28.6 Å². The maximum Gasteiger partial charge on any atom is 0.257 e. The third-order valence-electron chi connectivity index (χ3n) is 2.87. The zero-order valence-corrected chi connectivity index (χ0v) is 11.1. The van der Waals surface area contributed by atoms with E-state index < -0.39 is 0 Å². The highest BCUT2D eigenvalue weighted by Crippen LogP contribution is 2.23. The van der Waals surface area contributed by atoms with Crippen molar-refractivity contribution in [3.63, 3.8) is 0 Å². The van der Waals surface area contributed by atoms with Crippen molar-refractivity contribution in [3.05, 3.63) is 34.9 Å². The first-order valence-electron chi connectivity index (χ1n) is 5.60. The summed E-state index contributed by atoms with van der Waals surface area (Å²) in [6.07, 6.45) is 0. The van der Waals surface area contributed by atoms with Crippen molar-refractivity contribution in [2.24, 2.45) is 0 Å². The Morgan fingerprint density at radius 3 is 2.84 bits per heavy atom. The zero-order chi connectivity index (χ0) is 13.6. The van der Waals surface area contributed by atoms with E-state index >= 15 is 0 Å². The minimum absolute atomic E-state index is 0.142. The molecule has 0 unspecified atom stereocenters. The van der Waals surface area contributed by atoms with Gasteiger partial charge in [-0.15, -0.1) is 5.10 Å². The minimum Gasteiger partial charge on any atom is -0.345 e. The largest absolute Gasteiger partial charge is 0.345 e. The first kappa shape index (κ1) is 11.9. The van der Waals surface area contributed by atoms with Gasteiger partial charge in [0.2, 0.25) is 0 Å². The number of halogens is 1. The van der Waals surface area contributed by atoms with Crippen LogP contribution in [-0.2, 0) is 0 Å². The second kappa shape index (κ2) is 4.17. The number of amides is 1. The molecule has 6 nitrogen and oxygen atoms in total. The van der Waals surface area contributed by atoms with Gasteiger partial charge in [0.25, 0.3) is 5.91 Å². The maximum atomic E-state index is 12.2.